The fourth-order valence-corrected chi connectivity index (χ4v) is 4.39. The average Bonchev–Trinajstić information content (AvgIpc) is 2.68. The molecule has 26 heavy (non-hydrogen) atoms. The number of benzene rings is 2. The molecule has 0 spiro atoms. The molecule has 1 heterocycles. The number of carbonyl (C=O) groups is 1. The molecule has 0 unspecified atom stereocenters. The second-order valence-corrected chi connectivity index (χ2v) is 8.32. The monoisotopic (exact) mass is 373 g/mol. The highest BCUT2D eigenvalue weighted by atomic mass is 32.2. The summed E-state index contributed by atoms with van der Waals surface area (Å²) in [7, 11) is -3.31. The van der Waals surface area contributed by atoms with E-state index in [1.807, 2.05) is 60.7 Å². The molecule has 7 heteroatoms. The van der Waals surface area contributed by atoms with E-state index in [0.717, 1.165) is 11.3 Å². The molecule has 0 radical (unpaired) electrons. The average molecular weight is 373 g/mol. The van der Waals surface area contributed by atoms with Crippen LogP contribution in [0.5, 0.6) is 0 Å². The number of amides is 2. The van der Waals surface area contributed by atoms with Gasteiger partial charge >= 0.3 is 6.03 Å². The predicted octanol–water partition coefficient (Wildman–Crippen LogP) is 2.41. The summed E-state index contributed by atoms with van der Waals surface area (Å²) >= 11 is 0. The number of aryl methyl sites for hydroxylation is 1. The number of urea groups is 1. The Morgan fingerprint density at radius 3 is 2.08 bits per heavy atom. The lowest BCUT2D eigenvalue weighted by molar-refractivity contribution is 0.184. The van der Waals surface area contributed by atoms with Gasteiger partial charge < -0.3 is 10.2 Å². The van der Waals surface area contributed by atoms with Crippen LogP contribution in [-0.4, -0.2) is 55.6 Å². The minimum atomic E-state index is -3.31. The van der Waals surface area contributed by atoms with E-state index in [4.69, 9.17) is 0 Å². The molecule has 0 aliphatic carbocycles. The largest absolute Gasteiger partial charge is 0.322 e. The van der Waals surface area contributed by atoms with E-state index in [1.54, 1.807) is 4.90 Å². The standard InChI is InChI=1S/C19H23N3O3S/c23-19(20-18-9-5-2-6-10-18)21-12-14-22(15-13-21)26(24,25)16-11-17-7-3-1-4-8-17/h1-10H,11-16H2,(H,20,23). The SMILES string of the molecule is O=C(Nc1ccccc1)N1CCN(S(=O)(=O)CCc2ccccc2)CC1. The van der Waals surface area contributed by atoms with Crippen LogP contribution >= 0.6 is 0 Å². The van der Waals surface area contributed by atoms with E-state index in [0.29, 0.717) is 32.6 Å². The smallest absolute Gasteiger partial charge is 0.321 e. The number of para-hydroxylation sites is 1. The maximum absolute atomic E-state index is 12.5. The molecule has 0 aromatic heterocycles. The Hall–Kier alpha value is -2.38. The van der Waals surface area contributed by atoms with E-state index >= 15 is 0 Å². The van der Waals surface area contributed by atoms with Gasteiger partial charge in [-0.05, 0) is 24.1 Å². The first-order valence-corrected chi connectivity index (χ1v) is 10.3. The molecule has 1 saturated heterocycles. The summed E-state index contributed by atoms with van der Waals surface area (Å²) < 4.78 is 26.6. The second-order valence-electron chi connectivity index (χ2n) is 6.23. The van der Waals surface area contributed by atoms with Crippen LogP contribution in [0.15, 0.2) is 60.7 Å². The molecule has 2 amide bonds. The van der Waals surface area contributed by atoms with Gasteiger partial charge in [0.2, 0.25) is 10.0 Å². The Bertz CT molecular complexity index is 818. The quantitative estimate of drug-likeness (QED) is 0.875. The first-order valence-electron chi connectivity index (χ1n) is 8.67. The maximum Gasteiger partial charge on any atom is 0.321 e. The molecule has 0 atom stereocenters. The number of piperazine rings is 1. The second kappa shape index (κ2) is 8.33. The Kier molecular flexibility index (Phi) is 5.90. The van der Waals surface area contributed by atoms with Crippen molar-refractivity contribution in [2.75, 3.05) is 37.2 Å². The van der Waals surface area contributed by atoms with Crippen molar-refractivity contribution in [3.8, 4) is 0 Å². The van der Waals surface area contributed by atoms with Crippen molar-refractivity contribution < 1.29 is 13.2 Å². The molecule has 2 aromatic rings. The molecule has 1 N–H and O–H groups in total. The summed E-state index contributed by atoms with van der Waals surface area (Å²) in [6.45, 7) is 1.45. The van der Waals surface area contributed by atoms with Crippen molar-refractivity contribution in [1.82, 2.24) is 9.21 Å². The number of anilines is 1. The van der Waals surface area contributed by atoms with Crippen molar-refractivity contribution >= 4 is 21.7 Å². The lowest BCUT2D eigenvalue weighted by Gasteiger charge is -2.34. The van der Waals surface area contributed by atoms with Crippen LogP contribution < -0.4 is 5.32 Å². The van der Waals surface area contributed by atoms with Crippen LogP contribution in [0.4, 0.5) is 10.5 Å². The van der Waals surface area contributed by atoms with Gasteiger partial charge in [0, 0.05) is 31.9 Å². The van der Waals surface area contributed by atoms with Crippen LogP contribution in [0.25, 0.3) is 0 Å². The van der Waals surface area contributed by atoms with Crippen LogP contribution in [0.1, 0.15) is 5.56 Å². The van der Waals surface area contributed by atoms with Gasteiger partial charge in [-0.2, -0.15) is 4.31 Å². The van der Waals surface area contributed by atoms with Crippen molar-refractivity contribution in [3.63, 3.8) is 0 Å². The minimum absolute atomic E-state index is 0.0905. The lowest BCUT2D eigenvalue weighted by Crippen LogP contribution is -2.52. The minimum Gasteiger partial charge on any atom is -0.322 e. The van der Waals surface area contributed by atoms with E-state index in [1.165, 1.54) is 4.31 Å². The summed E-state index contributed by atoms with van der Waals surface area (Å²) in [6.07, 6.45) is 0.498. The Morgan fingerprint density at radius 2 is 1.46 bits per heavy atom. The van der Waals surface area contributed by atoms with Gasteiger partial charge in [0.25, 0.3) is 0 Å². The van der Waals surface area contributed by atoms with E-state index in [-0.39, 0.29) is 11.8 Å². The summed E-state index contributed by atoms with van der Waals surface area (Å²) in [5.74, 6) is 0.0905. The van der Waals surface area contributed by atoms with E-state index < -0.39 is 10.0 Å². The third-order valence-corrected chi connectivity index (χ3v) is 6.31. The number of carbonyl (C=O) groups excluding carboxylic acids is 1. The molecule has 0 bridgehead atoms. The van der Waals surface area contributed by atoms with Crippen LogP contribution in [0.2, 0.25) is 0 Å². The van der Waals surface area contributed by atoms with Gasteiger partial charge in [-0.15, -0.1) is 0 Å². The zero-order chi connectivity index (χ0) is 18.4. The number of nitrogens with one attached hydrogen (secondary N) is 1. The van der Waals surface area contributed by atoms with Crippen LogP contribution in [-0.2, 0) is 16.4 Å². The van der Waals surface area contributed by atoms with Gasteiger partial charge in [-0.3, -0.25) is 0 Å². The first kappa shape index (κ1) is 18.4. The number of nitrogens with zero attached hydrogens (tertiary/aromatic N) is 2. The topological polar surface area (TPSA) is 69.7 Å². The zero-order valence-corrected chi connectivity index (χ0v) is 15.4. The van der Waals surface area contributed by atoms with E-state index in [2.05, 4.69) is 5.32 Å². The number of sulfonamides is 1. The van der Waals surface area contributed by atoms with Gasteiger partial charge in [0.15, 0.2) is 0 Å². The van der Waals surface area contributed by atoms with Crippen molar-refractivity contribution in [2.24, 2.45) is 0 Å². The molecule has 6 nitrogen and oxygen atoms in total. The third-order valence-electron chi connectivity index (χ3n) is 4.44. The molecule has 1 aliphatic heterocycles. The van der Waals surface area contributed by atoms with Gasteiger partial charge in [-0.25, -0.2) is 13.2 Å². The number of rotatable bonds is 5. The first-order chi connectivity index (χ1) is 12.5. The van der Waals surface area contributed by atoms with Gasteiger partial charge in [0.05, 0.1) is 5.75 Å². The molecule has 1 fully saturated rings. The van der Waals surface area contributed by atoms with Crippen LogP contribution in [0, 0.1) is 0 Å². The summed E-state index contributed by atoms with van der Waals surface area (Å²) in [4.78, 5) is 13.9. The van der Waals surface area contributed by atoms with Crippen molar-refractivity contribution in [1.29, 1.82) is 0 Å². The highest BCUT2D eigenvalue weighted by Gasteiger charge is 2.28. The molecular formula is C19H23N3O3S. The third kappa shape index (κ3) is 4.83. The summed E-state index contributed by atoms with van der Waals surface area (Å²) in [5.41, 5.74) is 1.74. The Morgan fingerprint density at radius 1 is 0.885 bits per heavy atom. The maximum atomic E-state index is 12.5. The molecule has 1 aliphatic rings. The predicted molar refractivity (Wildman–Crippen MR) is 103 cm³/mol. The highest BCUT2D eigenvalue weighted by molar-refractivity contribution is 7.89. The van der Waals surface area contributed by atoms with Gasteiger partial charge in [0.1, 0.15) is 0 Å². The summed E-state index contributed by atoms with van der Waals surface area (Å²) in [6, 6.07) is 18.6. The highest BCUT2D eigenvalue weighted by Crippen LogP contribution is 2.12. The van der Waals surface area contributed by atoms with Crippen LogP contribution in [0.3, 0.4) is 0 Å². The van der Waals surface area contributed by atoms with E-state index in [9.17, 15) is 13.2 Å². The number of hydrogen-bond acceptors (Lipinski definition) is 3. The molecule has 0 saturated carbocycles. The molecule has 3 rings (SSSR count). The number of hydrogen-bond donors (Lipinski definition) is 1. The van der Waals surface area contributed by atoms with Crippen molar-refractivity contribution in [3.05, 3.63) is 66.2 Å². The summed E-state index contributed by atoms with van der Waals surface area (Å²) in [5, 5.41) is 2.83. The fourth-order valence-electron chi connectivity index (χ4n) is 2.91. The Balaban J connectivity index is 1.50. The van der Waals surface area contributed by atoms with Crippen molar-refractivity contribution in [2.45, 2.75) is 6.42 Å². The molecule has 138 valence electrons. The Labute approximate surface area is 154 Å². The fraction of sp³-hybridized carbons (Fsp3) is 0.316. The molecular weight excluding hydrogens is 350 g/mol. The lowest BCUT2D eigenvalue weighted by atomic mass is 10.2. The molecule has 2 aromatic carbocycles. The van der Waals surface area contributed by atoms with Gasteiger partial charge in [-0.1, -0.05) is 48.5 Å². The zero-order valence-electron chi connectivity index (χ0n) is 14.5. The normalized spacial score (nSPS) is 15.6.